The van der Waals surface area contributed by atoms with Crippen molar-refractivity contribution in [2.24, 2.45) is 0 Å². The summed E-state index contributed by atoms with van der Waals surface area (Å²) < 4.78 is 11.6. The van der Waals surface area contributed by atoms with Crippen molar-refractivity contribution in [2.75, 3.05) is 6.54 Å². The standard InChI is InChI=1S/C21H24BrNO5/c1-5-23(20(25)27-21(2,3)4)28-19-17(12-11-16(13-24)18(19)22)26-14-15-9-7-6-8-10-15/h6-13H,5,14H2,1-4H3. The lowest BCUT2D eigenvalue weighted by Crippen LogP contribution is -2.39. The maximum absolute atomic E-state index is 12.4. The van der Waals surface area contributed by atoms with Gasteiger partial charge in [-0.25, -0.2) is 4.79 Å². The minimum absolute atomic E-state index is 0.230. The summed E-state index contributed by atoms with van der Waals surface area (Å²) in [5, 5.41) is 1.08. The molecule has 0 atom stereocenters. The zero-order chi connectivity index (χ0) is 20.7. The first-order chi connectivity index (χ1) is 13.2. The minimum atomic E-state index is -0.664. The second kappa shape index (κ2) is 9.59. The van der Waals surface area contributed by atoms with E-state index in [4.69, 9.17) is 14.3 Å². The Bertz CT molecular complexity index is 818. The Morgan fingerprint density at radius 2 is 1.82 bits per heavy atom. The Labute approximate surface area is 173 Å². The van der Waals surface area contributed by atoms with Crippen LogP contribution in [0.5, 0.6) is 11.5 Å². The highest BCUT2D eigenvalue weighted by atomic mass is 79.9. The van der Waals surface area contributed by atoms with Gasteiger partial charge in [0, 0.05) is 5.56 Å². The smallest absolute Gasteiger partial charge is 0.443 e. The molecule has 0 heterocycles. The molecule has 0 spiro atoms. The van der Waals surface area contributed by atoms with Crippen LogP contribution >= 0.6 is 15.9 Å². The van der Waals surface area contributed by atoms with Gasteiger partial charge in [-0.15, -0.1) is 5.06 Å². The molecule has 0 aliphatic rings. The maximum Gasteiger partial charge on any atom is 0.443 e. The van der Waals surface area contributed by atoms with E-state index in [1.54, 1.807) is 39.8 Å². The van der Waals surface area contributed by atoms with Crippen LogP contribution in [-0.4, -0.2) is 29.6 Å². The summed E-state index contributed by atoms with van der Waals surface area (Å²) in [6.45, 7) is 7.63. The van der Waals surface area contributed by atoms with Gasteiger partial charge in [-0.1, -0.05) is 30.3 Å². The third kappa shape index (κ3) is 5.99. The van der Waals surface area contributed by atoms with Crippen molar-refractivity contribution in [2.45, 2.75) is 39.9 Å². The predicted molar refractivity (Wildman–Crippen MR) is 110 cm³/mol. The van der Waals surface area contributed by atoms with E-state index >= 15 is 0 Å². The van der Waals surface area contributed by atoms with E-state index in [0.29, 0.717) is 28.7 Å². The number of carbonyl (C=O) groups is 2. The van der Waals surface area contributed by atoms with Gasteiger partial charge in [0.15, 0.2) is 12.0 Å². The fourth-order valence-electron chi connectivity index (χ4n) is 2.23. The molecule has 0 aliphatic heterocycles. The van der Waals surface area contributed by atoms with Gasteiger partial charge in [0.25, 0.3) is 0 Å². The molecule has 0 unspecified atom stereocenters. The number of hydroxylamine groups is 2. The van der Waals surface area contributed by atoms with Gasteiger partial charge in [0.05, 0.1) is 11.0 Å². The molecule has 0 aliphatic carbocycles. The van der Waals surface area contributed by atoms with E-state index in [2.05, 4.69) is 15.9 Å². The molecule has 0 N–H and O–H groups in total. The highest BCUT2D eigenvalue weighted by Crippen LogP contribution is 2.38. The normalized spacial score (nSPS) is 10.9. The second-order valence-corrected chi connectivity index (χ2v) is 7.75. The first-order valence-corrected chi connectivity index (χ1v) is 9.67. The highest BCUT2D eigenvalue weighted by molar-refractivity contribution is 9.10. The van der Waals surface area contributed by atoms with Crippen LogP contribution in [0.2, 0.25) is 0 Å². The molecule has 0 radical (unpaired) electrons. The molecular weight excluding hydrogens is 426 g/mol. The number of carbonyl (C=O) groups excluding carboxylic acids is 2. The Morgan fingerprint density at radius 3 is 2.39 bits per heavy atom. The Hall–Kier alpha value is -2.54. The number of benzene rings is 2. The number of ether oxygens (including phenoxy) is 2. The first kappa shape index (κ1) is 21.8. The molecule has 28 heavy (non-hydrogen) atoms. The largest absolute Gasteiger partial charge is 0.485 e. The van der Waals surface area contributed by atoms with E-state index in [0.717, 1.165) is 10.6 Å². The number of aldehydes is 1. The van der Waals surface area contributed by atoms with E-state index in [1.807, 2.05) is 30.3 Å². The summed E-state index contributed by atoms with van der Waals surface area (Å²) in [7, 11) is 0. The van der Waals surface area contributed by atoms with E-state index in [-0.39, 0.29) is 12.3 Å². The summed E-state index contributed by atoms with van der Waals surface area (Å²) in [6.07, 6.45) is 0.0641. The van der Waals surface area contributed by atoms with Crippen LogP contribution in [0.1, 0.15) is 43.6 Å². The zero-order valence-electron chi connectivity index (χ0n) is 16.4. The van der Waals surface area contributed by atoms with Crippen molar-refractivity contribution < 1.29 is 23.9 Å². The molecule has 0 saturated heterocycles. The number of nitrogens with zero attached hydrogens (tertiary/aromatic N) is 1. The van der Waals surface area contributed by atoms with Crippen molar-refractivity contribution in [1.29, 1.82) is 0 Å². The number of hydrogen-bond acceptors (Lipinski definition) is 5. The van der Waals surface area contributed by atoms with Gasteiger partial charge in [0.1, 0.15) is 12.2 Å². The number of rotatable bonds is 7. The molecular formula is C21H24BrNO5. The van der Waals surface area contributed by atoms with Gasteiger partial charge in [-0.2, -0.15) is 0 Å². The van der Waals surface area contributed by atoms with E-state index in [1.165, 1.54) is 0 Å². The number of hydrogen-bond donors (Lipinski definition) is 0. The monoisotopic (exact) mass is 449 g/mol. The Morgan fingerprint density at radius 1 is 1.14 bits per heavy atom. The predicted octanol–water partition coefficient (Wildman–Crippen LogP) is 5.39. The van der Waals surface area contributed by atoms with Crippen LogP contribution in [-0.2, 0) is 11.3 Å². The Balaban J connectivity index is 2.28. The van der Waals surface area contributed by atoms with Crippen LogP contribution in [0, 0.1) is 0 Å². The van der Waals surface area contributed by atoms with Gasteiger partial charge in [0.2, 0.25) is 5.75 Å². The van der Waals surface area contributed by atoms with Crippen molar-refractivity contribution in [1.82, 2.24) is 5.06 Å². The lowest BCUT2D eigenvalue weighted by molar-refractivity contribution is -0.0711. The fourth-order valence-corrected chi connectivity index (χ4v) is 2.73. The molecule has 0 bridgehead atoms. The van der Waals surface area contributed by atoms with Gasteiger partial charge >= 0.3 is 6.09 Å². The molecule has 150 valence electrons. The third-order valence-electron chi connectivity index (χ3n) is 3.54. The van der Waals surface area contributed by atoms with E-state index < -0.39 is 11.7 Å². The summed E-state index contributed by atoms with van der Waals surface area (Å²) in [5.41, 5.74) is 0.688. The summed E-state index contributed by atoms with van der Waals surface area (Å²) in [6, 6.07) is 12.9. The molecule has 1 amide bonds. The maximum atomic E-state index is 12.4. The summed E-state index contributed by atoms with van der Waals surface area (Å²) >= 11 is 3.37. The Kier molecular flexibility index (Phi) is 7.45. The van der Waals surface area contributed by atoms with Crippen LogP contribution in [0.3, 0.4) is 0 Å². The molecule has 0 aromatic heterocycles. The fraction of sp³-hybridized carbons (Fsp3) is 0.333. The van der Waals surface area contributed by atoms with Crippen molar-refractivity contribution in [3.8, 4) is 11.5 Å². The van der Waals surface area contributed by atoms with Crippen molar-refractivity contribution in [3.63, 3.8) is 0 Å². The van der Waals surface area contributed by atoms with Gasteiger partial charge in [-0.05, 0) is 61.3 Å². The first-order valence-electron chi connectivity index (χ1n) is 8.88. The molecule has 2 rings (SSSR count). The van der Waals surface area contributed by atoms with Gasteiger partial charge in [-0.3, -0.25) is 4.79 Å². The molecule has 2 aromatic carbocycles. The minimum Gasteiger partial charge on any atom is -0.485 e. The average molecular weight is 450 g/mol. The number of amides is 1. The third-order valence-corrected chi connectivity index (χ3v) is 4.36. The number of halogens is 1. The van der Waals surface area contributed by atoms with E-state index in [9.17, 15) is 9.59 Å². The van der Waals surface area contributed by atoms with Crippen LogP contribution in [0.15, 0.2) is 46.9 Å². The lowest BCUT2D eigenvalue weighted by Gasteiger charge is -2.27. The zero-order valence-corrected chi connectivity index (χ0v) is 18.0. The topological polar surface area (TPSA) is 65.1 Å². The lowest BCUT2D eigenvalue weighted by atomic mass is 10.2. The quantitative estimate of drug-likeness (QED) is 0.418. The van der Waals surface area contributed by atoms with Crippen molar-refractivity contribution in [3.05, 3.63) is 58.1 Å². The molecule has 7 heteroatoms. The second-order valence-electron chi connectivity index (χ2n) is 6.95. The summed E-state index contributed by atoms with van der Waals surface area (Å²) in [4.78, 5) is 29.5. The van der Waals surface area contributed by atoms with Crippen molar-refractivity contribution >= 4 is 28.3 Å². The van der Waals surface area contributed by atoms with Crippen LogP contribution in [0.4, 0.5) is 4.79 Å². The van der Waals surface area contributed by atoms with Crippen LogP contribution in [0.25, 0.3) is 0 Å². The molecule has 6 nitrogen and oxygen atoms in total. The molecule has 0 fully saturated rings. The molecule has 0 saturated carbocycles. The van der Waals surface area contributed by atoms with Crippen LogP contribution < -0.4 is 9.57 Å². The molecule has 2 aromatic rings. The SMILES string of the molecule is CCN(Oc1c(OCc2ccccc2)ccc(C=O)c1Br)C(=O)OC(C)(C)C. The van der Waals surface area contributed by atoms with Gasteiger partial charge < -0.3 is 14.3 Å². The summed E-state index contributed by atoms with van der Waals surface area (Å²) in [5.74, 6) is 0.622. The average Bonchev–Trinajstić information content (AvgIpc) is 2.65. The highest BCUT2D eigenvalue weighted by Gasteiger charge is 2.25.